The molecule has 3 atom stereocenters. The molecular weight excluding hydrogens is 695 g/mol. The molecule has 3 unspecified atom stereocenters. The zero-order valence-corrected chi connectivity index (χ0v) is 37.5. The summed E-state index contributed by atoms with van der Waals surface area (Å²) in [5.74, 6) is -0.480. The minimum Gasteiger partial charge on any atom is -0.462 e. The molecular formula is C50H95NO5. The highest BCUT2D eigenvalue weighted by Gasteiger charge is 2.24. The Bertz CT molecular complexity index is 889. The number of unbranched alkanes of at least 4 members (excludes halogenated alkanes) is 28. The number of hydrogen-bond acceptors (Lipinski definition) is 5. The van der Waals surface area contributed by atoms with E-state index in [2.05, 4.69) is 50.4 Å². The molecule has 0 aliphatic heterocycles. The average Bonchev–Trinajstić information content (AvgIpc) is 3.19. The second-order valence-electron chi connectivity index (χ2n) is 16.9. The molecule has 0 aromatic rings. The Balaban J connectivity index is 4.57. The molecule has 0 heterocycles. The molecule has 0 aromatic carbocycles. The molecule has 0 rings (SSSR count). The quantitative estimate of drug-likeness (QED) is 0.0324. The zero-order chi connectivity index (χ0) is 41.0. The van der Waals surface area contributed by atoms with E-state index >= 15 is 0 Å². The van der Waals surface area contributed by atoms with Crippen molar-refractivity contribution in [2.45, 2.75) is 277 Å². The van der Waals surface area contributed by atoms with Crippen LogP contribution >= 0.6 is 0 Å². The lowest BCUT2D eigenvalue weighted by Gasteiger charge is -2.24. The van der Waals surface area contributed by atoms with E-state index < -0.39 is 18.2 Å². The smallest absolute Gasteiger partial charge is 0.306 e. The van der Waals surface area contributed by atoms with Gasteiger partial charge in [-0.15, -0.1) is 0 Å². The Morgan fingerprint density at radius 1 is 0.500 bits per heavy atom. The van der Waals surface area contributed by atoms with Crippen molar-refractivity contribution in [2.75, 3.05) is 6.61 Å². The summed E-state index contributed by atoms with van der Waals surface area (Å²) in [5.41, 5.74) is 0. The van der Waals surface area contributed by atoms with Gasteiger partial charge in [-0.25, -0.2) is 0 Å². The highest BCUT2D eigenvalue weighted by Crippen LogP contribution is 2.17. The van der Waals surface area contributed by atoms with Gasteiger partial charge in [-0.05, 0) is 77.0 Å². The molecule has 0 bridgehead atoms. The number of allylic oxidation sites excluding steroid dienone is 4. The van der Waals surface area contributed by atoms with Crippen LogP contribution in [0.5, 0.6) is 0 Å². The highest BCUT2D eigenvalue weighted by atomic mass is 16.5. The number of carbonyl (C=O) groups excluding carboxylic acids is 2. The fraction of sp³-hybridized carbons (Fsp3) is 0.880. The van der Waals surface area contributed by atoms with E-state index in [0.717, 1.165) is 64.2 Å². The van der Waals surface area contributed by atoms with Gasteiger partial charge in [-0.1, -0.05) is 193 Å². The first-order valence-corrected chi connectivity index (χ1v) is 24.6. The third-order valence-corrected chi connectivity index (χ3v) is 11.3. The second kappa shape index (κ2) is 44.4. The molecule has 330 valence electrons. The molecule has 0 saturated carbocycles. The molecule has 0 spiro atoms. The number of hydrogen-bond donors (Lipinski definition) is 3. The van der Waals surface area contributed by atoms with E-state index in [0.29, 0.717) is 19.3 Å². The molecule has 6 heteroatoms. The van der Waals surface area contributed by atoms with E-state index in [1.807, 2.05) is 0 Å². The maximum Gasteiger partial charge on any atom is 0.306 e. The first-order chi connectivity index (χ1) is 27.5. The van der Waals surface area contributed by atoms with E-state index in [9.17, 15) is 19.8 Å². The lowest BCUT2D eigenvalue weighted by Crippen LogP contribution is -2.46. The van der Waals surface area contributed by atoms with Crippen LogP contribution in [0.15, 0.2) is 24.3 Å². The molecule has 0 aliphatic carbocycles. The topological polar surface area (TPSA) is 95.9 Å². The fourth-order valence-electron chi connectivity index (χ4n) is 7.48. The number of amides is 1. The van der Waals surface area contributed by atoms with Gasteiger partial charge in [0.2, 0.25) is 5.91 Å². The van der Waals surface area contributed by atoms with Crippen LogP contribution in [0.3, 0.4) is 0 Å². The minimum absolute atomic E-state index is 0.0735. The van der Waals surface area contributed by atoms with Gasteiger partial charge in [-0.2, -0.15) is 0 Å². The van der Waals surface area contributed by atoms with Crippen LogP contribution < -0.4 is 5.32 Å². The molecule has 3 N–H and O–H groups in total. The molecule has 6 nitrogen and oxygen atoms in total. The predicted molar refractivity (Wildman–Crippen MR) is 241 cm³/mol. The van der Waals surface area contributed by atoms with Gasteiger partial charge in [0.1, 0.15) is 6.10 Å². The summed E-state index contributed by atoms with van der Waals surface area (Å²) in [6.07, 6.45) is 49.5. The summed E-state index contributed by atoms with van der Waals surface area (Å²) in [5, 5.41) is 23.6. The minimum atomic E-state index is -0.785. The number of aliphatic hydroxyl groups excluding tert-OH is 2. The summed E-state index contributed by atoms with van der Waals surface area (Å²) in [6, 6.07) is -0.699. The van der Waals surface area contributed by atoms with Gasteiger partial charge in [0, 0.05) is 6.42 Å². The lowest BCUT2D eigenvalue weighted by atomic mass is 10.0. The van der Waals surface area contributed by atoms with E-state index in [1.54, 1.807) is 0 Å². The Morgan fingerprint density at radius 2 is 0.857 bits per heavy atom. The van der Waals surface area contributed by atoms with Crippen molar-refractivity contribution in [1.29, 1.82) is 0 Å². The lowest BCUT2D eigenvalue weighted by molar-refractivity contribution is -0.151. The largest absolute Gasteiger partial charge is 0.462 e. The standard InChI is InChI=1S/C50H95NO5/c1-4-7-10-13-16-19-21-23-24-26-28-31-34-37-40-43-50(55)56-46(41-38-35-32-30-27-25-22-20-17-14-11-8-5-2)44-49(54)51-47(45-52)48(53)42-39-36-33-29-18-15-12-9-6-3/h19-22,46-48,52-53H,4-18,23-45H2,1-3H3,(H,51,54)/b21-19-,22-20-. The first-order valence-electron chi connectivity index (χ1n) is 24.6. The van der Waals surface area contributed by atoms with Crippen molar-refractivity contribution in [2.24, 2.45) is 0 Å². The van der Waals surface area contributed by atoms with Crippen molar-refractivity contribution in [3.63, 3.8) is 0 Å². The number of esters is 1. The predicted octanol–water partition coefficient (Wildman–Crippen LogP) is 14.3. The highest BCUT2D eigenvalue weighted by molar-refractivity contribution is 5.77. The summed E-state index contributed by atoms with van der Waals surface area (Å²) in [6.45, 7) is 6.44. The number of ether oxygens (including phenoxy) is 1. The second-order valence-corrected chi connectivity index (χ2v) is 16.9. The molecule has 56 heavy (non-hydrogen) atoms. The van der Waals surface area contributed by atoms with Crippen LogP contribution in [0, 0.1) is 0 Å². The number of carbonyl (C=O) groups is 2. The van der Waals surface area contributed by atoms with Gasteiger partial charge in [0.15, 0.2) is 0 Å². The van der Waals surface area contributed by atoms with Gasteiger partial charge in [0.25, 0.3) is 0 Å². The van der Waals surface area contributed by atoms with Crippen molar-refractivity contribution in [1.82, 2.24) is 5.32 Å². The van der Waals surface area contributed by atoms with Crippen LogP contribution in [-0.2, 0) is 14.3 Å². The van der Waals surface area contributed by atoms with E-state index in [4.69, 9.17) is 4.74 Å². The first kappa shape index (κ1) is 54.3. The van der Waals surface area contributed by atoms with Crippen LogP contribution in [-0.4, -0.2) is 46.9 Å². The van der Waals surface area contributed by atoms with Crippen molar-refractivity contribution < 1.29 is 24.5 Å². The Kier molecular flexibility index (Phi) is 43.1. The summed E-state index contributed by atoms with van der Waals surface area (Å²) >= 11 is 0. The Hall–Kier alpha value is -1.66. The zero-order valence-electron chi connectivity index (χ0n) is 37.5. The molecule has 0 saturated heterocycles. The third kappa shape index (κ3) is 39.2. The number of rotatable bonds is 44. The monoisotopic (exact) mass is 790 g/mol. The maximum atomic E-state index is 13.1. The number of nitrogens with one attached hydrogen (secondary N) is 1. The van der Waals surface area contributed by atoms with E-state index in [1.165, 1.54) is 148 Å². The summed E-state index contributed by atoms with van der Waals surface area (Å²) < 4.78 is 5.92. The Labute approximate surface area is 348 Å². The molecule has 0 fully saturated rings. The third-order valence-electron chi connectivity index (χ3n) is 11.3. The van der Waals surface area contributed by atoms with Crippen LogP contribution in [0.2, 0.25) is 0 Å². The molecule has 0 aliphatic rings. The van der Waals surface area contributed by atoms with Crippen LogP contribution in [0.1, 0.15) is 258 Å². The van der Waals surface area contributed by atoms with Crippen molar-refractivity contribution in [3.8, 4) is 0 Å². The van der Waals surface area contributed by atoms with Gasteiger partial charge >= 0.3 is 5.97 Å². The molecule has 0 aromatic heterocycles. The van der Waals surface area contributed by atoms with Crippen molar-refractivity contribution >= 4 is 11.9 Å². The molecule has 1 amide bonds. The fourth-order valence-corrected chi connectivity index (χ4v) is 7.48. The summed E-state index contributed by atoms with van der Waals surface area (Å²) in [4.78, 5) is 26.0. The van der Waals surface area contributed by atoms with Gasteiger partial charge in [-0.3, -0.25) is 9.59 Å². The normalized spacial score (nSPS) is 13.4. The van der Waals surface area contributed by atoms with Crippen LogP contribution in [0.4, 0.5) is 0 Å². The maximum absolute atomic E-state index is 13.1. The van der Waals surface area contributed by atoms with Crippen LogP contribution in [0.25, 0.3) is 0 Å². The van der Waals surface area contributed by atoms with Gasteiger partial charge in [0.05, 0.1) is 25.2 Å². The molecule has 0 radical (unpaired) electrons. The summed E-state index contributed by atoms with van der Waals surface area (Å²) in [7, 11) is 0. The number of aliphatic hydroxyl groups is 2. The van der Waals surface area contributed by atoms with Crippen molar-refractivity contribution in [3.05, 3.63) is 24.3 Å². The average molecular weight is 790 g/mol. The SMILES string of the molecule is CCCCCC/C=C\CCCCCCCCCC(=O)OC(CCCCCCC/C=C\CCCCCC)CC(=O)NC(CO)C(O)CCCCCCCCCCC. The van der Waals surface area contributed by atoms with Gasteiger partial charge < -0.3 is 20.3 Å². The Morgan fingerprint density at radius 3 is 1.29 bits per heavy atom. The van der Waals surface area contributed by atoms with E-state index in [-0.39, 0.29) is 24.9 Å².